The SMILES string of the molecule is COCCCC(CO)c1ccc(F)cc1. The Hall–Kier alpha value is -0.930. The minimum atomic E-state index is -0.243. The van der Waals surface area contributed by atoms with Crippen molar-refractivity contribution in [3.05, 3.63) is 35.6 Å². The summed E-state index contributed by atoms with van der Waals surface area (Å²) < 4.78 is 17.6. The zero-order chi connectivity index (χ0) is 11.1. The molecule has 1 aromatic rings. The van der Waals surface area contributed by atoms with Crippen LogP contribution in [0.2, 0.25) is 0 Å². The Bertz CT molecular complexity index is 271. The molecule has 3 heteroatoms. The maximum Gasteiger partial charge on any atom is 0.123 e. The summed E-state index contributed by atoms with van der Waals surface area (Å²) in [6.07, 6.45) is 1.76. The Morgan fingerprint density at radius 3 is 2.53 bits per heavy atom. The molecular weight excluding hydrogens is 195 g/mol. The molecule has 1 unspecified atom stereocenters. The normalized spacial score (nSPS) is 12.7. The summed E-state index contributed by atoms with van der Waals surface area (Å²) in [5.41, 5.74) is 0.981. The molecule has 0 amide bonds. The molecule has 0 bridgehead atoms. The first-order chi connectivity index (χ1) is 7.27. The van der Waals surface area contributed by atoms with Crippen LogP contribution in [-0.2, 0) is 4.74 Å². The molecule has 0 radical (unpaired) electrons. The summed E-state index contributed by atoms with van der Waals surface area (Å²) >= 11 is 0. The molecule has 0 aliphatic rings. The van der Waals surface area contributed by atoms with Gasteiger partial charge >= 0.3 is 0 Å². The summed E-state index contributed by atoms with van der Waals surface area (Å²) in [5.74, 6) is -0.159. The Morgan fingerprint density at radius 1 is 1.33 bits per heavy atom. The molecule has 1 aromatic carbocycles. The third-order valence-electron chi connectivity index (χ3n) is 2.46. The molecule has 1 atom stereocenters. The lowest BCUT2D eigenvalue weighted by atomic mass is 9.95. The first-order valence-electron chi connectivity index (χ1n) is 5.13. The van der Waals surface area contributed by atoms with Gasteiger partial charge in [0, 0.05) is 26.2 Å². The Labute approximate surface area is 89.7 Å². The molecule has 0 saturated carbocycles. The number of ether oxygens (including phenoxy) is 1. The fourth-order valence-corrected chi connectivity index (χ4v) is 1.57. The molecule has 15 heavy (non-hydrogen) atoms. The molecule has 0 aromatic heterocycles. The van der Waals surface area contributed by atoms with Crippen molar-refractivity contribution >= 4 is 0 Å². The molecule has 2 nitrogen and oxygen atoms in total. The highest BCUT2D eigenvalue weighted by molar-refractivity contribution is 5.20. The van der Waals surface area contributed by atoms with Crippen molar-refractivity contribution in [1.82, 2.24) is 0 Å². The van der Waals surface area contributed by atoms with Crippen LogP contribution in [0.4, 0.5) is 4.39 Å². The van der Waals surface area contributed by atoms with Gasteiger partial charge in [-0.25, -0.2) is 4.39 Å². The number of benzene rings is 1. The first kappa shape index (κ1) is 12.1. The van der Waals surface area contributed by atoms with Crippen LogP contribution in [-0.4, -0.2) is 25.4 Å². The van der Waals surface area contributed by atoms with Gasteiger partial charge in [-0.1, -0.05) is 12.1 Å². The van der Waals surface area contributed by atoms with Crippen molar-refractivity contribution in [2.45, 2.75) is 18.8 Å². The second-order valence-electron chi connectivity index (χ2n) is 3.57. The Morgan fingerprint density at radius 2 is 2.00 bits per heavy atom. The summed E-state index contributed by atoms with van der Waals surface area (Å²) in [6.45, 7) is 0.785. The second kappa shape index (κ2) is 6.53. The zero-order valence-corrected chi connectivity index (χ0v) is 8.95. The standard InChI is InChI=1S/C12H17FO2/c1-15-8-2-3-11(9-14)10-4-6-12(13)7-5-10/h4-7,11,14H,2-3,8-9H2,1H3. The fourth-order valence-electron chi connectivity index (χ4n) is 1.57. The quantitative estimate of drug-likeness (QED) is 0.733. The number of aliphatic hydroxyl groups is 1. The molecule has 0 spiro atoms. The van der Waals surface area contributed by atoms with E-state index in [1.807, 2.05) is 0 Å². The van der Waals surface area contributed by atoms with E-state index in [0.717, 1.165) is 18.4 Å². The van der Waals surface area contributed by atoms with Crippen LogP contribution in [0.25, 0.3) is 0 Å². The molecule has 1 N–H and O–H groups in total. The van der Waals surface area contributed by atoms with Crippen molar-refractivity contribution in [3.63, 3.8) is 0 Å². The van der Waals surface area contributed by atoms with Crippen molar-refractivity contribution < 1.29 is 14.2 Å². The number of aliphatic hydroxyl groups excluding tert-OH is 1. The molecule has 84 valence electrons. The predicted molar refractivity (Wildman–Crippen MR) is 57.3 cm³/mol. The average Bonchev–Trinajstić information content (AvgIpc) is 2.26. The van der Waals surface area contributed by atoms with E-state index >= 15 is 0 Å². The number of rotatable bonds is 6. The highest BCUT2D eigenvalue weighted by Gasteiger charge is 2.09. The van der Waals surface area contributed by atoms with Crippen LogP contribution in [0, 0.1) is 5.82 Å². The van der Waals surface area contributed by atoms with Crippen LogP contribution >= 0.6 is 0 Å². The molecule has 0 aliphatic carbocycles. The number of hydrogen-bond donors (Lipinski definition) is 1. The summed E-state index contributed by atoms with van der Waals surface area (Å²) in [7, 11) is 1.66. The summed E-state index contributed by atoms with van der Waals surface area (Å²) in [4.78, 5) is 0. The lowest BCUT2D eigenvalue weighted by Crippen LogP contribution is -2.05. The third-order valence-corrected chi connectivity index (χ3v) is 2.46. The van der Waals surface area contributed by atoms with Crippen molar-refractivity contribution in [2.75, 3.05) is 20.3 Å². The van der Waals surface area contributed by atoms with E-state index in [0.29, 0.717) is 6.61 Å². The van der Waals surface area contributed by atoms with E-state index in [4.69, 9.17) is 4.74 Å². The van der Waals surface area contributed by atoms with Crippen LogP contribution in [0.5, 0.6) is 0 Å². The molecule has 0 saturated heterocycles. The smallest absolute Gasteiger partial charge is 0.123 e. The fraction of sp³-hybridized carbons (Fsp3) is 0.500. The lowest BCUT2D eigenvalue weighted by Gasteiger charge is -2.14. The van der Waals surface area contributed by atoms with Gasteiger partial charge < -0.3 is 9.84 Å². The van der Waals surface area contributed by atoms with E-state index in [9.17, 15) is 9.50 Å². The topological polar surface area (TPSA) is 29.5 Å². The highest BCUT2D eigenvalue weighted by Crippen LogP contribution is 2.20. The lowest BCUT2D eigenvalue weighted by molar-refractivity contribution is 0.183. The van der Waals surface area contributed by atoms with E-state index < -0.39 is 0 Å². The van der Waals surface area contributed by atoms with Gasteiger partial charge in [-0.05, 0) is 30.5 Å². The summed E-state index contributed by atoms with van der Waals surface area (Å²) in [6, 6.07) is 6.30. The van der Waals surface area contributed by atoms with Crippen LogP contribution in [0.3, 0.4) is 0 Å². The molecule has 0 fully saturated rings. The predicted octanol–water partition coefficient (Wildman–Crippen LogP) is 2.33. The van der Waals surface area contributed by atoms with E-state index in [1.54, 1.807) is 19.2 Å². The third kappa shape index (κ3) is 3.98. The maximum atomic E-state index is 12.7. The number of hydrogen-bond acceptors (Lipinski definition) is 2. The minimum Gasteiger partial charge on any atom is -0.396 e. The van der Waals surface area contributed by atoms with Crippen LogP contribution in [0.1, 0.15) is 24.3 Å². The monoisotopic (exact) mass is 212 g/mol. The molecule has 0 heterocycles. The maximum absolute atomic E-state index is 12.7. The van der Waals surface area contributed by atoms with Gasteiger partial charge in [0.2, 0.25) is 0 Å². The second-order valence-corrected chi connectivity index (χ2v) is 3.57. The number of methoxy groups -OCH3 is 1. The van der Waals surface area contributed by atoms with Crippen molar-refractivity contribution in [2.24, 2.45) is 0 Å². The van der Waals surface area contributed by atoms with Gasteiger partial charge in [0.05, 0.1) is 0 Å². The van der Waals surface area contributed by atoms with Crippen molar-refractivity contribution in [1.29, 1.82) is 0 Å². The van der Waals surface area contributed by atoms with Gasteiger partial charge in [-0.2, -0.15) is 0 Å². The summed E-state index contributed by atoms with van der Waals surface area (Å²) in [5, 5.41) is 9.21. The Balaban J connectivity index is 2.53. The van der Waals surface area contributed by atoms with E-state index in [-0.39, 0.29) is 18.3 Å². The van der Waals surface area contributed by atoms with Crippen LogP contribution < -0.4 is 0 Å². The highest BCUT2D eigenvalue weighted by atomic mass is 19.1. The van der Waals surface area contributed by atoms with Crippen molar-refractivity contribution in [3.8, 4) is 0 Å². The molecular formula is C12H17FO2. The minimum absolute atomic E-state index is 0.0840. The van der Waals surface area contributed by atoms with Gasteiger partial charge in [-0.3, -0.25) is 0 Å². The van der Waals surface area contributed by atoms with E-state index in [2.05, 4.69) is 0 Å². The molecule has 0 aliphatic heterocycles. The molecule has 1 rings (SSSR count). The largest absolute Gasteiger partial charge is 0.396 e. The zero-order valence-electron chi connectivity index (χ0n) is 8.95. The van der Waals surface area contributed by atoms with E-state index in [1.165, 1.54) is 12.1 Å². The van der Waals surface area contributed by atoms with Gasteiger partial charge in [-0.15, -0.1) is 0 Å². The van der Waals surface area contributed by atoms with Crippen LogP contribution in [0.15, 0.2) is 24.3 Å². The average molecular weight is 212 g/mol. The Kier molecular flexibility index (Phi) is 5.29. The van der Waals surface area contributed by atoms with Gasteiger partial charge in [0.15, 0.2) is 0 Å². The number of halogens is 1. The van der Waals surface area contributed by atoms with Gasteiger partial charge in [0.1, 0.15) is 5.82 Å². The first-order valence-corrected chi connectivity index (χ1v) is 5.13. The van der Waals surface area contributed by atoms with Gasteiger partial charge in [0.25, 0.3) is 0 Å².